The summed E-state index contributed by atoms with van der Waals surface area (Å²) in [5, 5.41) is 0. The lowest BCUT2D eigenvalue weighted by molar-refractivity contribution is -0.151. The fourth-order valence-corrected chi connectivity index (χ4v) is 3.86. The molecule has 2 saturated heterocycles. The van der Waals surface area contributed by atoms with Gasteiger partial charge in [0, 0.05) is 44.5 Å². The summed E-state index contributed by atoms with van der Waals surface area (Å²) in [6, 6.07) is 7.49. The molecule has 3 rings (SSSR count). The standard InChI is InChI=1S/C22H31N3O5/c1-3-30-22(28)18-8-10-25(11-9-18)20(26)16-23(2)21(27)17-4-6-19(7-5-17)24-12-14-29-15-13-24/h4-7,18H,3,8-16H2,1-2H3. The van der Waals surface area contributed by atoms with Crippen LogP contribution in [0.4, 0.5) is 5.69 Å². The van der Waals surface area contributed by atoms with Crippen molar-refractivity contribution < 1.29 is 23.9 Å². The molecule has 2 amide bonds. The third kappa shape index (κ3) is 5.50. The van der Waals surface area contributed by atoms with Crippen LogP contribution in [0.25, 0.3) is 0 Å². The van der Waals surface area contributed by atoms with E-state index in [2.05, 4.69) is 4.90 Å². The number of likely N-dealkylation sites (N-methyl/N-ethyl adjacent to an activating group) is 1. The van der Waals surface area contributed by atoms with Crippen molar-refractivity contribution in [3.8, 4) is 0 Å². The first-order valence-corrected chi connectivity index (χ1v) is 10.6. The van der Waals surface area contributed by atoms with Gasteiger partial charge in [-0.25, -0.2) is 0 Å². The number of piperidine rings is 1. The summed E-state index contributed by atoms with van der Waals surface area (Å²) in [4.78, 5) is 42.6. The summed E-state index contributed by atoms with van der Waals surface area (Å²) in [6.07, 6.45) is 1.20. The number of hydrogen-bond donors (Lipinski definition) is 0. The van der Waals surface area contributed by atoms with E-state index in [1.807, 2.05) is 12.1 Å². The van der Waals surface area contributed by atoms with Crippen molar-refractivity contribution in [3.05, 3.63) is 29.8 Å². The third-order valence-electron chi connectivity index (χ3n) is 5.68. The minimum Gasteiger partial charge on any atom is -0.466 e. The topological polar surface area (TPSA) is 79.4 Å². The summed E-state index contributed by atoms with van der Waals surface area (Å²) < 4.78 is 10.4. The van der Waals surface area contributed by atoms with Crippen molar-refractivity contribution in [2.45, 2.75) is 19.8 Å². The third-order valence-corrected chi connectivity index (χ3v) is 5.68. The van der Waals surface area contributed by atoms with Crippen molar-refractivity contribution in [3.63, 3.8) is 0 Å². The van der Waals surface area contributed by atoms with Gasteiger partial charge in [0.05, 0.1) is 32.3 Å². The van der Waals surface area contributed by atoms with Crippen LogP contribution in [0, 0.1) is 5.92 Å². The molecule has 8 heteroatoms. The monoisotopic (exact) mass is 417 g/mol. The number of anilines is 1. The summed E-state index contributed by atoms with van der Waals surface area (Å²) >= 11 is 0. The van der Waals surface area contributed by atoms with Crippen LogP contribution in [0.1, 0.15) is 30.1 Å². The minimum atomic E-state index is -0.183. The number of rotatable bonds is 6. The molecule has 2 heterocycles. The molecule has 30 heavy (non-hydrogen) atoms. The Balaban J connectivity index is 1.49. The van der Waals surface area contributed by atoms with Crippen LogP contribution in [-0.2, 0) is 19.1 Å². The first-order chi connectivity index (χ1) is 14.5. The van der Waals surface area contributed by atoms with E-state index in [0.717, 1.165) is 18.8 Å². The van der Waals surface area contributed by atoms with E-state index in [-0.39, 0.29) is 30.2 Å². The van der Waals surface area contributed by atoms with Gasteiger partial charge in [-0.2, -0.15) is 0 Å². The Morgan fingerprint density at radius 3 is 2.30 bits per heavy atom. The van der Waals surface area contributed by atoms with Gasteiger partial charge < -0.3 is 24.2 Å². The van der Waals surface area contributed by atoms with Crippen LogP contribution < -0.4 is 4.90 Å². The van der Waals surface area contributed by atoms with Crippen LogP contribution >= 0.6 is 0 Å². The molecule has 2 fully saturated rings. The predicted molar refractivity (Wildman–Crippen MR) is 112 cm³/mol. The van der Waals surface area contributed by atoms with Crippen LogP contribution in [0.5, 0.6) is 0 Å². The molecule has 0 unspecified atom stereocenters. The highest BCUT2D eigenvalue weighted by Gasteiger charge is 2.29. The van der Waals surface area contributed by atoms with Crippen molar-refractivity contribution in [2.75, 3.05) is 64.5 Å². The predicted octanol–water partition coefficient (Wildman–Crippen LogP) is 1.40. The Kier molecular flexibility index (Phi) is 7.68. The summed E-state index contributed by atoms with van der Waals surface area (Å²) in [5.74, 6) is -0.604. The molecule has 1 aromatic carbocycles. The van der Waals surface area contributed by atoms with Crippen LogP contribution in [-0.4, -0.2) is 87.2 Å². The zero-order chi connectivity index (χ0) is 21.5. The van der Waals surface area contributed by atoms with Crippen molar-refractivity contribution in [1.29, 1.82) is 0 Å². The number of benzene rings is 1. The normalized spacial score (nSPS) is 17.5. The summed E-state index contributed by atoms with van der Waals surface area (Å²) in [6.45, 7) is 6.32. The fourth-order valence-electron chi connectivity index (χ4n) is 3.86. The lowest BCUT2D eigenvalue weighted by Gasteiger charge is -2.32. The number of amides is 2. The van der Waals surface area contributed by atoms with E-state index in [4.69, 9.17) is 9.47 Å². The maximum atomic E-state index is 12.7. The Bertz CT molecular complexity index is 738. The van der Waals surface area contributed by atoms with E-state index in [1.165, 1.54) is 4.90 Å². The van der Waals surface area contributed by atoms with Gasteiger partial charge in [-0.05, 0) is 44.0 Å². The zero-order valence-corrected chi connectivity index (χ0v) is 17.8. The maximum Gasteiger partial charge on any atom is 0.309 e. The van der Waals surface area contributed by atoms with Gasteiger partial charge in [-0.15, -0.1) is 0 Å². The molecule has 0 atom stereocenters. The van der Waals surface area contributed by atoms with Gasteiger partial charge in [-0.1, -0.05) is 0 Å². The Morgan fingerprint density at radius 2 is 1.70 bits per heavy atom. The first-order valence-electron chi connectivity index (χ1n) is 10.6. The highest BCUT2D eigenvalue weighted by Crippen LogP contribution is 2.20. The number of esters is 1. The number of carbonyl (C=O) groups excluding carboxylic acids is 3. The molecule has 0 N–H and O–H groups in total. The number of ether oxygens (including phenoxy) is 2. The van der Waals surface area contributed by atoms with Gasteiger partial charge in [-0.3, -0.25) is 14.4 Å². The Labute approximate surface area is 177 Å². The van der Waals surface area contributed by atoms with Crippen molar-refractivity contribution >= 4 is 23.5 Å². The highest BCUT2D eigenvalue weighted by atomic mass is 16.5. The molecule has 0 radical (unpaired) electrons. The van der Waals surface area contributed by atoms with E-state index in [1.54, 1.807) is 31.0 Å². The average Bonchev–Trinajstić information content (AvgIpc) is 2.79. The Morgan fingerprint density at radius 1 is 1.07 bits per heavy atom. The van der Waals surface area contributed by atoms with E-state index in [0.29, 0.717) is 51.3 Å². The maximum absolute atomic E-state index is 12.7. The number of morpholine rings is 1. The zero-order valence-electron chi connectivity index (χ0n) is 17.8. The molecule has 1 aromatic rings. The molecule has 0 aromatic heterocycles. The fraction of sp³-hybridized carbons (Fsp3) is 0.591. The molecule has 0 spiro atoms. The van der Waals surface area contributed by atoms with Gasteiger partial charge in [0.25, 0.3) is 5.91 Å². The first kappa shape index (κ1) is 22.1. The number of hydrogen-bond acceptors (Lipinski definition) is 6. The van der Waals surface area contributed by atoms with E-state index in [9.17, 15) is 14.4 Å². The average molecular weight is 418 g/mol. The lowest BCUT2D eigenvalue weighted by Crippen LogP contribution is -2.45. The second kappa shape index (κ2) is 10.4. The second-order valence-electron chi connectivity index (χ2n) is 7.71. The van der Waals surface area contributed by atoms with Crippen molar-refractivity contribution in [1.82, 2.24) is 9.80 Å². The molecule has 8 nitrogen and oxygen atoms in total. The van der Waals surface area contributed by atoms with Gasteiger partial charge in [0.15, 0.2) is 0 Å². The molecular weight excluding hydrogens is 386 g/mol. The van der Waals surface area contributed by atoms with Gasteiger partial charge in [0.2, 0.25) is 5.91 Å². The second-order valence-corrected chi connectivity index (χ2v) is 7.71. The lowest BCUT2D eigenvalue weighted by atomic mass is 9.97. The quantitative estimate of drug-likeness (QED) is 0.651. The number of carbonyl (C=O) groups is 3. The van der Waals surface area contributed by atoms with Gasteiger partial charge in [0.1, 0.15) is 0 Å². The SMILES string of the molecule is CCOC(=O)C1CCN(C(=O)CN(C)C(=O)c2ccc(N3CCOCC3)cc2)CC1. The van der Waals surface area contributed by atoms with E-state index < -0.39 is 0 Å². The van der Waals surface area contributed by atoms with Crippen LogP contribution in [0.3, 0.4) is 0 Å². The largest absolute Gasteiger partial charge is 0.466 e. The van der Waals surface area contributed by atoms with Crippen LogP contribution in [0.2, 0.25) is 0 Å². The summed E-state index contributed by atoms with van der Waals surface area (Å²) in [7, 11) is 1.64. The smallest absolute Gasteiger partial charge is 0.309 e. The highest BCUT2D eigenvalue weighted by molar-refractivity contribution is 5.96. The van der Waals surface area contributed by atoms with Gasteiger partial charge >= 0.3 is 5.97 Å². The molecule has 0 saturated carbocycles. The molecular formula is C22H31N3O5. The molecule has 2 aliphatic heterocycles. The molecule has 164 valence electrons. The minimum absolute atomic E-state index is 0.0219. The van der Waals surface area contributed by atoms with Crippen molar-refractivity contribution in [2.24, 2.45) is 5.92 Å². The summed E-state index contributed by atoms with van der Waals surface area (Å²) in [5.41, 5.74) is 1.63. The van der Waals surface area contributed by atoms with Crippen LogP contribution in [0.15, 0.2) is 24.3 Å². The number of nitrogens with zero attached hydrogens (tertiary/aromatic N) is 3. The Hall–Kier alpha value is -2.61. The molecule has 0 aliphatic carbocycles. The molecule has 2 aliphatic rings. The van der Waals surface area contributed by atoms with E-state index >= 15 is 0 Å². The number of likely N-dealkylation sites (tertiary alicyclic amines) is 1. The molecule has 0 bridgehead atoms.